The highest BCUT2D eigenvalue weighted by atomic mass is 19.1. The summed E-state index contributed by atoms with van der Waals surface area (Å²) in [5, 5.41) is 15.5. The van der Waals surface area contributed by atoms with Crippen molar-refractivity contribution in [1.29, 1.82) is 0 Å². The molecule has 2 atom stereocenters. The molecule has 1 N–H and O–H groups in total. The fourth-order valence-corrected chi connectivity index (χ4v) is 3.37. The first-order valence-corrected chi connectivity index (χ1v) is 8.21. The maximum atomic E-state index is 14.5. The Balaban J connectivity index is 2.02. The highest BCUT2D eigenvalue weighted by molar-refractivity contribution is 5.27. The van der Waals surface area contributed by atoms with Gasteiger partial charge in [-0.05, 0) is 32.4 Å². The zero-order valence-corrected chi connectivity index (χ0v) is 13.9. The van der Waals surface area contributed by atoms with Crippen LogP contribution < -0.4 is 0 Å². The van der Waals surface area contributed by atoms with Gasteiger partial charge in [0, 0.05) is 23.7 Å². The first kappa shape index (κ1) is 17.0. The Bertz CT molecular complexity index is 690. The molecule has 1 saturated carbocycles. The van der Waals surface area contributed by atoms with E-state index in [9.17, 15) is 13.9 Å². The summed E-state index contributed by atoms with van der Waals surface area (Å²) >= 11 is 0. The summed E-state index contributed by atoms with van der Waals surface area (Å²) in [5.74, 6) is -1.42. The van der Waals surface area contributed by atoms with Gasteiger partial charge in [-0.3, -0.25) is 4.90 Å². The quantitative estimate of drug-likeness (QED) is 0.843. The van der Waals surface area contributed by atoms with Gasteiger partial charge in [-0.2, -0.15) is 5.10 Å². The Kier molecular flexibility index (Phi) is 4.64. The van der Waals surface area contributed by atoms with Gasteiger partial charge < -0.3 is 5.11 Å². The molecule has 1 aromatic carbocycles. The predicted molar refractivity (Wildman–Crippen MR) is 85.1 cm³/mol. The van der Waals surface area contributed by atoms with Crippen LogP contribution in [-0.4, -0.2) is 43.4 Å². The second kappa shape index (κ2) is 6.57. The van der Waals surface area contributed by atoms with Gasteiger partial charge in [0.05, 0.1) is 6.54 Å². The van der Waals surface area contributed by atoms with E-state index in [4.69, 9.17) is 0 Å². The van der Waals surface area contributed by atoms with Crippen molar-refractivity contribution in [2.75, 3.05) is 6.54 Å². The number of halogens is 2. The molecule has 0 saturated heterocycles. The number of rotatable bonds is 7. The van der Waals surface area contributed by atoms with Crippen LogP contribution in [0.1, 0.15) is 32.3 Å². The molecule has 0 spiro atoms. The fraction of sp³-hybridized carbons (Fsp3) is 0.529. The van der Waals surface area contributed by atoms with Crippen LogP contribution in [0, 0.1) is 11.6 Å². The minimum atomic E-state index is -1.55. The van der Waals surface area contributed by atoms with Crippen LogP contribution in [0.15, 0.2) is 30.9 Å². The molecule has 130 valence electrons. The maximum absolute atomic E-state index is 14.5. The van der Waals surface area contributed by atoms with Crippen molar-refractivity contribution in [3.05, 3.63) is 48.1 Å². The van der Waals surface area contributed by atoms with Gasteiger partial charge >= 0.3 is 0 Å². The largest absolute Gasteiger partial charge is 0.381 e. The monoisotopic (exact) mass is 336 g/mol. The lowest BCUT2D eigenvalue weighted by atomic mass is 9.85. The van der Waals surface area contributed by atoms with Crippen molar-refractivity contribution in [3.8, 4) is 0 Å². The van der Waals surface area contributed by atoms with E-state index in [0.717, 1.165) is 25.5 Å². The number of hydrogen-bond acceptors (Lipinski definition) is 4. The molecule has 1 aliphatic carbocycles. The van der Waals surface area contributed by atoms with E-state index in [2.05, 4.69) is 15.0 Å². The molecule has 1 fully saturated rings. The first-order chi connectivity index (χ1) is 11.5. The zero-order valence-electron chi connectivity index (χ0n) is 13.9. The average molecular weight is 336 g/mol. The van der Waals surface area contributed by atoms with Crippen molar-refractivity contribution in [1.82, 2.24) is 19.7 Å². The summed E-state index contributed by atoms with van der Waals surface area (Å²) in [6, 6.07) is 3.33. The smallest absolute Gasteiger partial charge is 0.137 e. The second-order valence-electron chi connectivity index (χ2n) is 6.38. The van der Waals surface area contributed by atoms with Gasteiger partial charge in [0.15, 0.2) is 0 Å². The molecule has 1 heterocycles. The van der Waals surface area contributed by atoms with Gasteiger partial charge in [0.2, 0.25) is 0 Å². The third kappa shape index (κ3) is 3.18. The summed E-state index contributed by atoms with van der Waals surface area (Å²) in [5.41, 5.74) is -1.48. The Morgan fingerprint density at radius 1 is 1.42 bits per heavy atom. The predicted octanol–water partition coefficient (Wildman–Crippen LogP) is 2.32. The van der Waals surface area contributed by atoms with Crippen LogP contribution in [0.4, 0.5) is 8.78 Å². The summed E-state index contributed by atoms with van der Waals surface area (Å²) in [7, 11) is 0. The van der Waals surface area contributed by atoms with Crippen molar-refractivity contribution < 1.29 is 13.9 Å². The zero-order chi connectivity index (χ0) is 17.3. The van der Waals surface area contributed by atoms with Crippen LogP contribution in [0.3, 0.4) is 0 Å². The van der Waals surface area contributed by atoms with E-state index in [1.54, 1.807) is 0 Å². The lowest BCUT2D eigenvalue weighted by molar-refractivity contribution is -0.0651. The Labute approximate surface area is 139 Å². The third-order valence-corrected chi connectivity index (χ3v) is 4.84. The van der Waals surface area contributed by atoms with E-state index < -0.39 is 17.2 Å². The highest BCUT2D eigenvalue weighted by Gasteiger charge is 2.45. The molecular formula is C17H22F2N4O. The average Bonchev–Trinajstić information content (AvgIpc) is 3.24. The van der Waals surface area contributed by atoms with E-state index in [0.29, 0.717) is 6.04 Å². The molecule has 2 aromatic rings. The summed E-state index contributed by atoms with van der Waals surface area (Å²) < 4.78 is 29.2. The van der Waals surface area contributed by atoms with Gasteiger partial charge in [-0.25, -0.2) is 18.4 Å². The molecule has 7 heteroatoms. The van der Waals surface area contributed by atoms with Gasteiger partial charge in [-0.15, -0.1) is 0 Å². The Morgan fingerprint density at radius 3 is 2.71 bits per heavy atom. The van der Waals surface area contributed by atoms with E-state index in [-0.39, 0.29) is 18.2 Å². The summed E-state index contributed by atoms with van der Waals surface area (Å²) in [6.07, 6.45) is 4.99. The van der Waals surface area contributed by atoms with Crippen LogP contribution in [0.2, 0.25) is 0 Å². The lowest BCUT2D eigenvalue weighted by Crippen LogP contribution is -2.52. The van der Waals surface area contributed by atoms with Crippen molar-refractivity contribution >= 4 is 0 Å². The molecule has 0 radical (unpaired) electrons. The second-order valence-corrected chi connectivity index (χ2v) is 6.38. The van der Waals surface area contributed by atoms with Crippen LogP contribution in [-0.2, 0) is 12.1 Å². The summed E-state index contributed by atoms with van der Waals surface area (Å²) in [4.78, 5) is 6.05. The number of benzene rings is 1. The van der Waals surface area contributed by atoms with Crippen LogP contribution >= 0.6 is 0 Å². The van der Waals surface area contributed by atoms with Crippen molar-refractivity contribution in [2.45, 2.75) is 50.9 Å². The van der Waals surface area contributed by atoms with Crippen LogP contribution in [0.25, 0.3) is 0 Å². The lowest BCUT2D eigenvalue weighted by Gasteiger charge is -2.41. The number of likely N-dealkylation sites (N-methyl/N-ethyl adjacent to an activating group) is 1. The van der Waals surface area contributed by atoms with Crippen molar-refractivity contribution in [3.63, 3.8) is 0 Å². The molecule has 0 amide bonds. The Hall–Kier alpha value is -1.86. The third-order valence-electron chi connectivity index (χ3n) is 4.84. The minimum absolute atomic E-state index is 0.0416. The minimum Gasteiger partial charge on any atom is -0.381 e. The summed E-state index contributed by atoms with van der Waals surface area (Å²) in [6.45, 7) is 4.68. The van der Waals surface area contributed by atoms with Gasteiger partial charge in [-0.1, -0.05) is 13.0 Å². The van der Waals surface area contributed by atoms with E-state index >= 15 is 0 Å². The van der Waals surface area contributed by atoms with Crippen LogP contribution in [0.5, 0.6) is 0 Å². The molecule has 0 bridgehead atoms. The molecular weight excluding hydrogens is 314 g/mol. The SMILES string of the molecule is CCN(C1CC1)[C@H](C)[C@](O)(Cn1cncn1)c1ccc(F)cc1F. The first-order valence-electron chi connectivity index (χ1n) is 8.21. The van der Waals surface area contributed by atoms with Gasteiger partial charge in [0.25, 0.3) is 0 Å². The number of nitrogens with zero attached hydrogens (tertiary/aromatic N) is 4. The fourth-order valence-electron chi connectivity index (χ4n) is 3.37. The normalized spacial score (nSPS) is 18.6. The number of hydrogen-bond donors (Lipinski definition) is 1. The Morgan fingerprint density at radius 2 is 2.17 bits per heavy atom. The van der Waals surface area contributed by atoms with Crippen molar-refractivity contribution in [2.24, 2.45) is 0 Å². The number of aromatic nitrogens is 3. The molecule has 1 aliphatic rings. The highest BCUT2D eigenvalue weighted by Crippen LogP contribution is 2.37. The molecule has 24 heavy (non-hydrogen) atoms. The maximum Gasteiger partial charge on any atom is 0.137 e. The molecule has 3 rings (SSSR count). The molecule has 1 aromatic heterocycles. The van der Waals surface area contributed by atoms with E-state index in [1.165, 1.54) is 29.5 Å². The number of aliphatic hydroxyl groups is 1. The standard InChI is InChI=1S/C17H22F2N4O/c1-3-23(14-5-6-14)12(2)17(24,9-22-11-20-10-21-22)15-7-4-13(18)8-16(15)19/h4,7-8,10-12,14,24H,3,5-6,9H2,1-2H3/t12-,17-/m1/s1. The van der Waals surface area contributed by atoms with Gasteiger partial charge in [0.1, 0.15) is 29.9 Å². The molecule has 0 unspecified atom stereocenters. The van der Waals surface area contributed by atoms with E-state index in [1.807, 2.05) is 13.8 Å². The molecule has 0 aliphatic heterocycles. The molecule has 5 nitrogen and oxygen atoms in total. The topological polar surface area (TPSA) is 54.2 Å².